The maximum atomic E-state index is 12.6. The van der Waals surface area contributed by atoms with Gasteiger partial charge in [0, 0.05) is 29.8 Å². The highest BCUT2D eigenvalue weighted by Crippen LogP contribution is 2.28. The predicted octanol–water partition coefficient (Wildman–Crippen LogP) is 4.57. The minimum atomic E-state index is -0.390. The molecule has 0 saturated carbocycles. The topological polar surface area (TPSA) is 113 Å². The summed E-state index contributed by atoms with van der Waals surface area (Å²) in [6.45, 7) is 2.51. The van der Waals surface area contributed by atoms with Crippen LogP contribution in [0, 0.1) is 17.8 Å². The summed E-state index contributed by atoms with van der Waals surface area (Å²) in [7, 11) is 0. The molecule has 39 heavy (non-hydrogen) atoms. The molecule has 4 heterocycles. The first-order valence-corrected chi connectivity index (χ1v) is 13.0. The van der Waals surface area contributed by atoms with E-state index in [1.54, 1.807) is 16.9 Å². The van der Waals surface area contributed by atoms with Gasteiger partial charge in [-0.3, -0.25) is 4.57 Å². The van der Waals surface area contributed by atoms with E-state index in [-0.39, 0.29) is 30.6 Å². The maximum absolute atomic E-state index is 12.6. The molecule has 0 radical (unpaired) electrons. The van der Waals surface area contributed by atoms with Crippen LogP contribution in [0.5, 0.6) is 5.88 Å². The monoisotopic (exact) mass is 540 g/mol. The molecule has 1 aliphatic carbocycles. The molecule has 196 valence electrons. The van der Waals surface area contributed by atoms with E-state index in [2.05, 4.69) is 38.8 Å². The molecule has 1 atom stereocenters. The number of H-pyrrole nitrogens is 2. The van der Waals surface area contributed by atoms with Gasteiger partial charge in [-0.2, -0.15) is 5.10 Å². The van der Waals surface area contributed by atoms with Gasteiger partial charge in [0.15, 0.2) is 5.65 Å². The van der Waals surface area contributed by atoms with Gasteiger partial charge in [-0.1, -0.05) is 36.6 Å². The Bertz CT molecular complexity index is 1880. The first-order chi connectivity index (χ1) is 19.0. The average Bonchev–Trinajstić information content (AvgIpc) is 3.62. The Morgan fingerprint density at radius 1 is 1.26 bits per heavy atom. The molecule has 0 bridgehead atoms. The van der Waals surface area contributed by atoms with Crippen molar-refractivity contribution in [3.05, 3.63) is 105 Å². The molecule has 9 nitrogen and oxygen atoms in total. The van der Waals surface area contributed by atoms with Crippen LogP contribution in [0.1, 0.15) is 30.3 Å². The number of aromatic nitrogens is 6. The fourth-order valence-electron chi connectivity index (χ4n) is 4.69. The Kier molecular flexibility index (Phi) is 6.47. The number of nitrogens with zero attached hydrogens (tertiary/aromatic N) is 4. The van der Waals surface area contributed by atoms with Crippen LogP contribution >= 0.6 is 11.6 Å². The molecule has 4 aromatic heterocycles. The van der Waals surface area contributed by atoms with Gasteiger partial charge in [-0.15, -0.1) is 0 Å². The summed E-state index contributed by atoms with van der Waals surface area (Å²) in [4.78, 5) is 22.8. The van der Waals surface area contributed by atoms with Crippen LogP contribution in [-0.4, -0.2) is 40.8 Å². The molecule has 0 saturated heterocycles. The van der Waals surface area contributed by atoms with Crippen molar-refractivity contribution >= 4 is 28.2 Å². The summed E-state index contributed by atoms with van der Waals surface area (Å²) in [5.41, 5.74) is 4.20. The number of para-hydroxylation sites is 1. The van der Waals surface area contributed by atoms with Gasteiger partial charge in [0.2, 0.25) is 5.88 Å². The quantitative estimate of drug-likeness (QED) is 0.273. The lowest BCUT2D eigenvalue weighted by Crippen LogP contribution is -2.19. The van der Waals surface area contributed by atoms with E-state index in [9.17, 15) is 9.90 Å². The molecule has 5 aromatic rings. The summed E-state index contributed by atoms with van der Waals surface area (Å²) >= 11 is 6.26. The highest BCUT2D eigenvalue weighted by molar-refractivity contribution is 6.35. The van der Waals surface area contributed by atoms with Crippen LogP contribution in [0.25, 0.3) is 16.6 Å². The second-order valence-electron chi connectivity index (χ2n) is 9.42. The number of rotatable bonds is 6. The SMILES string of the molecule is CC1CC=C(OCCn2c(O)c(Cc3c[nH]c4c(Cl)cccc34)[nH]c2=O)C=C1C#Cc1cnc2cccnn12. The number of allylic oxidation sites excluding steroid dienone is 3. The van der Waals surface area contributed by atoms with E-state index in [0.717, 1.165) is 34.1 Å². The number of benzene rings is 1. The number of nitrogens with one attached hydrogen (secondary N) is 2. The largest absolute Gasteiger partial charge is 0.493 e. The van der Waals surface area contributed by atoms with Gasteiger partial charge < -0.3 is 19.8 Å². The van der Waals surface area contributed by atoms with Crippen molar-refractivity contribution in [2.24, 2.45) is 5.92 Å². The number of fused-ring (bicyclic) bond motifs is 2. The first kappa shape index (κ1) is 24.6. The molecule has 0 fully saturated rings. The maximum Gasteiger partial charge on any atom is 0.328 e. The molecule has 3 N–H and O–H groups in total. The predicted molar refractivity (Wildman–Crippen MR) is 149 cm³/mol. The number of hydrogen-bond acceptors (Lipinski definition) is 5. The van der Waals surface area contributed by atoms with Crippen molar-refractivity contribution in [3.63, 3.8) is 0 Å². The Morgan fingerprint density at radius 2 is 2.15 bits per heavy atom. The van der Waals surface area contributed by atoms with Gasteiger partial charge in [-0.25, -0.2) is 14.3 Å². The lowest BCUT2D eigenvalue weighted by molar-refractivity contribution is 0.203. The van der Waals surface area contributed by atoms with Gasteiger partial charge in [-0.05, 0) is 54.2 Å². The molecule has 1 aliphatic rings. The van der Waals surface area contributed by atoms with Crippen LogP contribution in [-0.2, 0) is 17.7 Å². The molecular formula is C29H25ClN6O3. The second-order valence-corrected chi connectivity index (χ2v) is 9.82. The normalized spacial score (nSPS) is 15.2. The Morgan fingerprint density at radius 3 is 3.05 bits per heavy atom. The van der Waals surface area contributed by atoms with E-state index in [0.29, 0.717) is 28.6 Å². The van der Waals surface area contributed by atoms with Crippen molar-refractivity contribution in [2.45, 2.75) is 26.3 Å². The summed E-state index contributed by atoms with van der Waals surface area (Å²) in [6.07, 6.45) is 10.3. The molecule has 6 rings (SSSR count). The van der Waals surface area contributed by atoms with Crippen LogP contribution in [0.2, 0.25) is 5.02 Å². The molecule has 0 spiro atoms. The first-order valence-electron chi connectivity index (χ1n) is 12.6. The third-order valence-electron chi connectivity index (χ3n) is 6.84. The zero-order valence-electron chi connectivity index (χ0n) is 21.1. The zero-order valence-corrected chi connectivity index (χ0v) is 21.9. The van der Waals surface area contributed by atoms with E-state index < -0.39 is 0 Å². The number of halogens is 1. The van der Waals surface area contributed by atoms with Crippen LogP contribution in [0.4, 0.5) is 0 Å². The third-order valence-corrected chi connectivity index (χ3v) is 7.16. The highest BCUT2D eigenvalue weighted by Gasteiger charge is 2.17. The van der Waals surface area contributed by atoms with Crippen molar-refractivity contribution in [1.29, 1.82) is 0 Å². The molecule has 0 aliphatic heterocycles. The Balaban J connectivity index is 1.13. The average molecular weight is 541 g/mol. The smallest absolute Gasteiger partial charge is 0.328 e. The van der Waals surface area contributed by atoms with Crippen molar-refractivity contribution in [2.75, 3.05) is 6.61 Å². The van der Waals surface area contributed by atoms with Crippen LogP contribution in [0.15, 0.2) is 77.2 Å². The number of aromatic hydroxyl groups is 1. The number of hydrogen-bond donors (Lipinski definition) is 3. The molecule has 1 unspecified atom stereocenters. The third kappa shape index (κ3) is 4.82. The lowest BCUT2D eigenvalue weighted by Gasteiger charge is -2.17. The molecular weight excluding hydrogens is 516 g/mol. The fraction of sp³-hybridized carbons (Fsp3) is 0.207. The van der Waals surface area contributed by atoms with Gasteiger partial charge in [0.1, 0.15) is 18.1 Å². The van der Waals surface area contributed by atoms with E-state index >= 15 is 0 Å². The van der Waals surface area contributed by atoms with Gasteiger partial charge in [0.25, 0.3) is 0 Å². The molecule has 0 amide bonds. The van der Waals surface area contributed by atoms with Crippen molar-refractivity contribution in [1.82, 2.24) is 29.1 Å². The molecule has 1 aromatic carbocycles. The number of ether oxygens (including phenoxy) is 1. The van der Waals surface area contributed by atoms with E-state index in [1.807, 2.05) is 48.7 Å². The summed E-state index contributed by atoms with van der Waals surface area (Å²) < 4.78 is 8.94. The summed E-state index contributed by atoms with van der Waals surface area (Å²) in [5, 5.41) is 16.6. The van der Waals surface area contributed by atoms with Gasteiger partial charge >= 0.3 is 5.69 Å². The van der Waals surface area contributed by atoms with Crippen LogP contribution < -0.4 is 5.69 Å². The minimum Gasteiger partial charge on any atom is -0.493 e. The minimum absolute atomic E-state index is 0.102. The highest BCUT2D eigenvalue weighted by atomic mass is 35.5. The molecule has 10 heteroatoms. The van der Waals surface area contributed by atoms with Crippen molar-refractivity contribution in [3.8, 4) is 17.7 Å². The van der Waals surface area contributed by atoms with Crippen molar-refractivity contribution < 1.29 is 9.84 Å². The van der Waals surface area contributed by atoms with Gasteiger partial charge in [0.05, 0.1) is 29.0 Å². The standard InChI is InChI=1S/C29H25ClN6O3/c1-18-7-10-22(14-19(18)8-9-21-17-31-26-6-3-11-33-36(21)26)39-13-12-35-28(37)25(34-29(35)38)15-20-16-32-27-23(20)4-2-5-24(27)30/h2-6,10-11,14,16-18,32,37H,7,12-13,15H2,1H3,(H,34,38). The second kappa shape index (κ2) is 10.2. The summed E-state index contributed by atoms with van der Waals surface area (Å²) in [5.74, 6) is 7.24. The Labute approximate surface area is 228 Å². The Hall–Kier alpha value is -4.68. The fourth-order valence-corrected chi connectivity index (χ4v) is 4.92. The van der Waals surface area contributed by atoms with E-state index in [1.165, 1.54) is 4.57 Å². The number of aromatic amines is 2. The van der Waals surface area contributed by atoms with Crippen LogP contribution in [0.3, 0.4) is 0 Å². The lowest BCUT2D eigenvalue weighted by atomic mass is 9.93. The number of imidazole rings is 2. The van der Waals surface area contributed by atoms with E-state index in [4.69, 9.17) is 16.3 Å². The summed E-state index contributed by atoms with van der Waals surface area (Å²) in [6, 6.07) is 9.35. The zero-order chi connectivity index (χ0) is 26.9.